The number of nitrogens with one attached hydrogen (secondary N) is 3. The third-order valence-electron chi connectivity index (χ3n) is 5.82. The topological polar surface area (TPSA) is 213 Å². The van der Waals surface area contributed by atoms with E-state index in [0.29, 0.717) is 22.8 Å². The molecule has 0 radical (unpaired) electrons. The fourth-order valence-corrected chi connectivity index (χ4v) is 6.44. The first kappa shape index (κ1) is 33.0. The lowest BCUT2D eigenvalue weighted by molar-refractivity contribution is 0.367. The molecule has 0 amide bonds. The molecule has 228 valence electrons. The maximum absolute atomic E-state index is 12.2. The van der Waals surface area contributed by atoms with Crippen molar-refractivity contribution in [3.05, 3.63) is 60.2 Å². The molecule has 0 aliphatic heterocycles. The standard InChI is InChI=1S/C25H29N9O4S5/c1-39-20-7-4-14(13-26)10-17(20)29-23-32-24(30-18-11-15(42(35)38-27)5-8-21(18)40-2)34-25(33-23)31-19-12-16(43(28,36)37)6-9-22(19)41-3/h4-12H,13,26-27H2,1-3H3,(H2,28,36,37)(H3,29,30,31,32,33,34). The van der Waals surface area contributed by atoms with E-state index in [1.165, 1.54) is 47.4 Å². The van der Waals surface area contributed by atoms with Crippen LogP contribution in [-0.2, 0) is 31.9 Å². The van der Waals surface area contributed by atoms with Gasteiger partial charge in [-0.25, -0.2) is 17.8 Å². The number of hydrogen-bond acceptors (Lipinski definition) is 15. The predicted octanol–water partition coefficient (Wildman–Crippen LogP) is 4.29. The van der Waals surface area contributed by atoms with E-state index in [2.05, 4.69) is 35.2 Å². The van der Waals surface area contributed by atoms with Gasteiger partial charge in [-0.1, -0.05) is 6.07 Å². The van der Waals surface area contributed by atoms with Crippen molar-refractivity contribution in [2.45, 2.75) is 31.0 Å². The van der Waals surface area contributed by atoms with Crippen LogP contribution in [0, 0.1) is 0 Å². The summed E-state index contributed by atoms with van der Waals surface area (Å²) < 4.78 is 40.8. The van der Waals surface area contributed by atoms with Gasteiger partial charge < -0.3 is 21.7 Å². The lowest BCUT2D eigenvalue weighted by Crippen LogP contribution is -2.13. The molecule has 0 bridgehead atoms. The molecule has 0 saturated carbocycles. The van der Waals surface area contributed by atoms with Gasteiger partial charge in [-0.2, -0.15) is 25.1 Å². The number of sulfonamides is 1. The first-order valence-corrected chi connectivity index (χ1v) is 18.5. The lowest BCUT2D eigenvalue weighted by Gasteiger charge is -2.16. The van der Waals surface area contributed by atoms with Crippen molar-refractivity contribution in [2.75, 3.05) is 34.7 Å². The van der Waals surface area contributed by atoms with Crippen LogP contribution in [0.5, 0.6) is 0 Å². The normalized spacial score (nSPS) is 12.1. The van der Waals surface area contributed by atoms with Gasteiger partial charge in [0.05, 0.1) is 26.9 Å². The quantitative estimate of drug-likeness (QED) is 0.0859. The third kappa shape index (κ3) is 8.37. The summed E-state index contributed by atoms with van der Waals surface area (Å²) in [4.78, 5) is 16.4. The van der Waals surface area contributed by atoms with Crippen LogP contribution in [0.1, 0.15) is 5.56 Å². The highest BCUT2D eigenvalue weighted by atomic mass is 32.2. The van der Waals surface area contributed by atoms with Crippen LogP contribution in [0.25, 0.3) is 0 Å². The second-order valence-electron chi connectivity index (χ2n) is 8.52. The Morgan fingerprint density at radius 1 is 0.767 bits per heavy atom. The molecule has 0 aliphatic carbocycles. The van der Waals surface area contributed by atoms with Crippen LogP contribution in [0.3, 0.4) is 0 Å². The molecule has 43 heavy (non-hydrogen) atoms. The molecule has 0 saturated heterocycles. The Kier molecular flexibility index (Phi) is 11.3. The highest BCUT2D eigenvalue weighted by molar-refractivity contribution is 7.99. The van der Waals surface area contributed by atoms with Crippen molar-refractivity contribution in [1.29, 1.82) is 0 Å². The Labute approximate surface area is 264 Å². The first-order valence-electron chi connectivity index (χ1n) is 12.2. The number of anilines is 6. The van der Waals surface area contributed by atoms with E-state index in [0.717, 1.165) is 25.9 Å². The fraction of sp³-hybridized carbons (Fsp3) is 0.160. The van der Waals surface area contributed by atoms with Crippen molar-refractivity contribution in [2.24, 2.45) is 16.8 Å². The van der Waals surface area contributed by atoms with E-state index in [1.54, 1.807) is 24.3 Å². The molecular weight excluding hydrogens is 651 g/mol. The fourth-order valence-electron chi connectivity index (χ4n) is 3.79. The minimum absolute atomic E-state index is 0.0710. The molecule has 18 heteroatoms. The number of nitrogens with two attached hydrogens (primary N) is 3. The molecule has 3 aromatic carbocycles. The number of thioether (sulfide) groups is 3. The molecule has 0 aliphatic rings. The Bertz CT molecular complexity index is 1760. The molecule has 1 heterocycles. The average molecular weight is 680 g/mol. The highest BCUT2D eigenvalue weighted by Gasteiger charge is 2.16. The van der Waals surface area contributed by atoms with Crippen molar-refractivity contribution in [1.82, 2.24) is 15.0 Å². The average Bonchev–Trinajstić information content (AvgIpc) is 3.00. The maximum atomic E-state index is 12.2. The molecule has 4 aromatic rings. The number of hydrogen-bond donors (Lipinski definition) is 6. The van der Waals surface area contributed by atoms with E-state index >= 15 is 0 Å². The third-order valence-corrected chi connectivity index (χ3v) is 9.94. The van der Waals surface area contributed by atoms with Crippen molar-refractivity contribution < 1.29 is 16.9 Å². The van der Waals surface area contributed by atoms with Crippen molar-refractivity contribution >= 4 is 91.3 Å². The van der Waals surface area contributed by atoms with E-state index in [9.17, 15) is 12.6 Å². The number of rotatable bonds is 13. The SMILES string of the molecule is CSc1ccc(CN)cc1Nc1nc(Nc2cc(S(=O)ON)ccc2SC)nc(Nc2cc(S(N)(=O)=O)ccc2SC)n1. The zero-order chi connectivity index (χ0) is 31.1. The van der Waals surface area contributed by atoms with Crippen molar-refractivity contribution in [3.8, 4) is 0 Å². The molecule has 1 atom stereocenters. The number of benzene rings is 3. The number of nitrogens with zero attached hydrogens (tertiary/aromatic N) is 3. The second kappa shape index (κ2) is 14.7. The summed E-state index contributed by atoms with van der Waals surface area (Å²) in [6.45, 7) is 0.347. The Morgan fingerprint density at radius 3 is 1.70 bits per heavy atom. The van der Waals surface area contributed by atoms with Crippen LogP contribution in [-0.4, -0.2) is 46.3 Å². The number of aromatic nitrogens is 3. The smallest absolute Gasteiger partial charge is 0.238 e. The van der Waals surface area contributed by atoms with Gasteiger partial charge in [-0.15, -0.1) is 35.3 Å². The molecule has 13 nitrogen and oxygen atoms in total. The summed E-state index contributed by atoms with van der Waals surface area (Å²) in [5.74, 6) is 5.57. The van der Waals surface area contributed by atoms with Crippen molar-refractivity contribution in [3.63, 3.8) is 0 Å². The van der Waals surface area contributed by atoms with Crippen LogP contribution < -0.4 is 32.7 Å². The van der Waals surface area contributed by atoms with Gasteiger partial charge in [0.1, 0.15) is 0 Å². The van der Waals surface area contributed by atoms with E-state index < -0.39 is 21.1 Å². The Morgan fingerprint density at radius 2 is 1.23 bits per heavy atom. The summed E-state index contributed by atoms with van der Waals surface area (Å²) >= 11 is 2.51. The summed E-state index contributed by atoms with van der Waals surface area (Å²) in [7, 11) is -3.96. The van der Waals surface area contributed by atoms with Gasteiger partial charge in [0.2, 0.25) is 38.9 Å². The summed E-state index contributed by atoms with van der Waals surface area (Å²) in [6.07, 6.45) is 5.69. The molecular formula is C25H29N9O4S5. The monoisotopic (exact) mass is 679 g/mol. The molecule has 1 unspecified atom stereocenters. The summed E-state index contributed by atoms with van der Waals surface area (Å²) in [6, 6.07) is 15.3. The minimum atomic E-state index is -3.96. The largest absolute Gasteiger partial charge is 0.326 e. The van der Waals surface area contributed by atoms with Crippen LogP contribution in [0.15, 0.2) is 79.1 Å². The Balaban J connectivity index is 1.82. The van der Waals surface area contributed by atoms with Gasteiger partial charge in [0.15, 0.2) is 0 Å². The van der Waals surface area contributed by atoms with Crippen LogP contribution >= 0.6 is 35.3 Å². The molecule has 0 spiro atoms. The van der Waals surface area contributed by atoms with Gasteiger partial charge in [0, 0.05) is 21.2 Å². The van der Waals surface area contributed by atoms with E-state index in [-0.39, 0.29) is 22.7 Å². The van der Waals surface area contributed by atoms with Gasteiger partial charge >= 0.3 is 0 Å². The highest BCUT2D eigenvalue weighted by Crippen LogP contribution is 2.33. The van der Waals surface area contributed by atoms with Gasteiger partial charge in [-0.05, 0) is 72.9 Å². The summed E-state index contributed by atoms with van der Waals surface area (Å²) in [5.41, 5.74) is 8.50. The molecule has 1 aromatic heterocycles. The van der Waals surface area contributed by atoms with Gasteiger partial charge in [-0.3, -0.25) is 0 Å². The zero-order valence-electron chi connectivity index (χ0n) is 23.2. The van der Waals surface area contributed by atoms with Crippen LogP contribution in [0.4, 0.5) is 34.9 Å². The van der Waals surface area contributed by atoms with E-state index in [1.807, 2.05) is 37.0 Å². The maximum Gasteiger partial charge on any atom is 0.238 e. The second-order valence-corrected chi connectivity index (χ2v) is 13.8. The molecule has 9 N–H and O–H groups in total. The van der Waals surface area contributed by atoms with Crippen LogP contribution in [0.2, 0.25) is 0 Å². The first-order chi connectivity index (χ1) is 20.6. The Hall–Kier alpha value is -2.94. The minimum Gasteiger partial charge on any atom is -0.326 e. The predicted molar refractivity (Wildman–Crippen MR) is 175 cm³/mol. The lowest BCUT2D eigenvalue weighted by atomic mass is 10.2. The van der Waals surface area contributed by atoms with E-state index in [4.69, 9.17) is 16.8 Å². The molecule has 0 fully saturated rings. The zero-order valence-corrected chi connectivity index (χ0v) is 27.2. The molecule has 4 rings (SSSR count). The number of primary sulfonamides is 1. The van der Waals surface area contributed by atoms with Gasteiger partial charge in [0.25, 0.3) is 0 Å². The summed E-state index contributed by atoms with van der Waals surface area (Å²) in [5, 5.41) is 14.9.